The van der Waals surface area contributed by atoms with Crippen molar-refractivity contribution in [2.75, 3.05) is 5.32 Å². The van der Waals surface area contributed by atoms with Crippen molar-refractivity contribution in [3.63, 3.8) is 0 Å². The Morgan fingerprint density at radius 1 is 1.19 bits per heavy atom. The van der Waals surface area contributed by atoms with Gasteiger partial charge in [-0.05, 0) is 37.1 Å². The summed E-state index contributed by atoms with van der Waals surface area (Å²) in [6.07, 6.45) is 0. The quantitative estimate of drug-likeness (QED) is 0.606. The summed E-state index contributed by atoms with van der Waals surface area (Å²) in [5, 5.41) is 15.2. The Bertz CT molecular complexity index is 689. The molecule has 2 aromatic carbocycles. The first-order chi connectivity index (χ1) is 9.88. The summed E-state index contributed by atoms with van der Waals surface area (Å²) < 4.78 is 0. The van der Waals surface area contributed by atoms with Gasteiger partial charge in [-0.25, -0.2) is 0 Å². The molecule has 0 saturated carbocycles. The van der Waals surface area contributed by atoms with E-state index in [1.54, 1.807) is 24.3 Å². The fourth-order valence-corrected chi connectivity index (χ4v) is 2.42. The molecule has 0 spiro atoms. The van der Waals surface area contributed by atoms with Gasteiger partial charge in [-0.15, -0.1) is 0 Å². The molecule has 110 valence electrons. The Hall–Kier alpha value is -1.78. The van der Waals surface area contributed by atoms with Crippen molar-refractivity contribution in [3.05, 3.63) is 67.7 Å². The minimum Gasteiger partial charge on any atom is -0.377 e. The van der Waals surface area contributed by atoms with Crippen molar-refractivity contribution in [1.29, 1.82) is 0 Å². The molecule has 1 N–H and O–H groups in total. The first-order valence-electron chi connectivity index (χ1n) is 6.35. The lowest BCUT2D eigenvalue weighted by atomic mass is 10.1. The van der Waals surface area contributed by atoms with E-state index in [4.69, 9.17) is 23.2 Å². The second-order valence-electron chi connectivity index (χ2n) is 4.80. The molecule has 6 heteroatoms. The summed E-state index contributed by atoms with van der Waals surface area (Å²) in [7, 11) is 0. The number of aryl methyl sites for hydroxylation is 1. The van der Waals surface area contributed by atoms with Crippen LogP contribution in [0.15, 0.2) is 36.4 Å². The summed E-state index contributed by atoms with van der Waals surface area (Å²) in [6, 6.07) is 9.90. The third-order valence-corrected chi connectivity index (χ3v) is 3.92. The third kappa shape index (κ3) is 3.65. The molecule has 0 heterocycles. The van der Waals surface area contributed by atoms with Crippen LogP contribution in [0.2, 0.25) is 10.0 Å². The zero-order valence-electron chi connectivity index (χ0n) is 11.6. The summed E-state index contributed by atoms with van der Waals surface area (Å²) in [6.45, 7) is 3.78. The first kappa shape index (κ1) is 15.6. The van der Waals surface area contributed by atoms with Gasteiger partial charge in [-0.1, -0.05) is 35.3 Å². The molecule has 0 aromatic heterocycles. The Balaban J connectivity index is 2.26. The highest BCUT2D eigenvalue weighted by molar-refractivity contribution is 6.35. The number of halogens is 2. The van der Waals surface area contributed by atoms with E-state index in [0.29, 0.717) is 15.7 Å². The molecule has 2 rings (SSSR count). The minimum absolute atomic E-state index is 0.0641. The van der Waals surface area contributed by atoms with Crippen LogP contribution < -0.4 is 5.32 Å². The van der Waals surface area contributed by atoms with Crippen LogP contribution in [0.4, 0.5) is 11.4 Å². The van der Waals surface area contributed by atoms with Crippen LogP contribution >= 0.6 is 23.2 Å². The normalized spacial score (nSPS) is 12.0. The van der Waals surface area contributed by atoms with Crippen molar-refractivity contribution >= 4 is 34.6 Å². The molecular formula is C15H14Cl2N2O2. The number of hydrogen-bond acceptors (Lipinski definition) is 3. The number of rotatable bonds is 4. The summed E-state index contributed by atoms with van der Waals surface area (Å²) in [5.74, 6) is 0. The maximum absolute atomic E-state index is 10.8. The molecule has 1 atom stereocenters. The second kappa shape index (κ2) is 6.33. The van der Waals surface area contributed by atoms with E-state index in [1.165, 1.54) is 6.07 Å². The highest BCUT2D eigenvalue weighted by atomic mass is 35.5. The van der Waals surface area contributed by atoms with E-state index in [2.05, 4.69) is 5.32 Å². The Kier molecular flexibility index (Phi) is 4.70. The average Bonchev–Trinajstić information content (AvgIpc) is 2.44. The standard InChI is InChI=1S/C15H14Cl2N2O2/c1-9-6-14(17)15(8-13(9)16)18-10(2)11-4-3-5-12(7-11)19(20)21/h3-8,10,18H,1-2H3. The highest BCUT2D eigenvalue weighted by Gasteiger charge is 2.13. The molecule has 0 fully saturated rings. The topological polar surface area (TPSA) is 55.2 Å². The number of nitrogens with one attached hydrogen (secondary N) is 1. The van der Waals surface area contributed by atoms with Gasteiger partial charge in [0.25, 0.3) is 5.69 Å². The van der Waals surface area contributed by atoms with E-state index < -0.39 is 4.92 Å². The lowest BCUT2D eigenvalue weighted by Crippen LogP contribution is -2.07. The average molecular weight is 325 g/mol. The van der Waals surface area contributed by atoms with Crippen LogP contribution in [0.1, 0.15) is 24.1 Å². The van der Waals surface area contributed by atoms with Crippen molar-refractivity contribution in [2.24, 2.45) is 0 Å². The molecule has 0 aliphatic heterocycles. The molecule has 0 amide bonds. The van der Waals surface area contributed by atoms with Gasteiger partial charge in [-0.2, -0.15) is 0 Å². The number of nitrogens with zero attached hydrogens (tertiary/aromatic N) is 1. The summed E-state index contributed by atoms with van der Waals surface area (Å²) in [5.41, 5.74) is 2.47. The zero-order valence-corrected chi connectivity index (χ0v) is 13.1. The first-order valence-corrected chi connectivity index (χ1v) is 7.10. The van der Waals surface area contributed by atoms with Crippen LogP contribution in [0.3, 0.4) is 0 Å². The SMILES string of the molecule is Cc1cc(Cl)c(NC(C)c2cccc([N+](=O)[O-])c2)cc1Cl. The van der Waals surface area contributed by atoms with Gasteiger partial charge in [-0.3, -0.25) is 10.1 Å². The molecule has 2 aromatic rings. The van der Waals surface area contributed by atoms with Gasteiger partial charge in [0.15, 0.2) is 0 Å². The minimum atomic E-state index is -0.411. The molecule has 0 bridgehead atoms. The number of nitro groups is 1. The fourth-order valence-electron chi connectivity index (χ4n) is 1.98. The van der Waals surface area contributed by atoms with Gasteiger partial charge < -0.3 is 5.32 Å². The van der Waals surface area contributed by atoms with Crippen LogP contribution in [0.25, 0.3) is 0 Å². The van der Waals surface area contributed by atoms with Crippen LogP contribution in [-0.4, -0.2) is 4.92 Å². The van der Waals surface area contributed by atoms with E-state index in [0.717, 1.165) is 11.1 Å². The van der Waals surface area contributed by atoms with Crippen molar-refractivity contribution in [2.45, 2.75) is 19.9 Å². The lowest BCUT2D eigenvalue weighted by molar-refractivity contribution is -0.384. The lowest BCUT2D eigenvalue weighted by Gasteiger charge is -2.17. The van der Waals surface area contributed by atoms with Gasteiger partial charge >= 0.3 is 0 Å². The van der Waals surface area contributed by atoms with E-state index in [-0.39, 0.29) is 11.7 Å². The Morgan fingerprint density at radius 3 is 2.57 bits per heavy atom. The maximum atomic E-state index is 10.8. The molecule has 1 unspecified atom stereocenters. The van der Waals surface area contributed by atoms with Crippen molar-refractivity contribution in [1.82, 2.24) is 0 Å². The molecular weight excluding hydrogens is 311 g/mol. The number of non-ortho nitro benzene ring substituents is 1. The summed E-state index contributed by atoms with van der Waals surface area (Å²) in [4.78, 5) is 10.4. The summed E-state index contributed by atoms with van der Waals surface area (Å²) >= 11 is 12.3. The third-order valence-electron chi connectivity index (χ3n) is 3.20. The number of benzene rings is 2. The van der Waals surface area contributed by atoms with Gasteiger partial charge in [0.05, 0.1) is 15.6 Å². The van der Waals surface area contributed by atoms with Crippen molar-refractivity contribution < 1.29 is 4.92 Å². The predicted octanol–water partition coefficient (Wildman–Crippen LogP) is 5.38. The van der Waals surface area contributed by atoms with E-state index in [1.807, 2.05) is 19.9 Å². The van der Waals surface area contributed by atoms with Crippen LogP contribution in [0, 0.1) is 17.0 Å². The number of nitro benzene ring substituents is 1. The zero-order chi connectivity index (χ0) is 15.6. The molecule has 4 nitrogen and oxygen atoms in total. The van der Waals surface area contributed by atoms with E-state index in [9.17, 15) is 10.1 Å². The molecule has 0 radical (unpaired) electrons. The number of anilines is 1. The Labute approximate surface area is 132 Å². The predicted molar refractivity (Wildman–Crippen MR) is 86.3 cm³/mol. The van der Waals surface area contributed by atoms with E-state index >= 15 is 0 Å². The van der Waals surface area contributed by atoms with Crippen LogP contribution in [-0.2, 0) is 0 Å². The smallest absolute Gasteiger partial charge is 0.269 e. The monoisotopic (exact) mass is 324 g/mol. The second-order valence-corrected chi connectivity index (χ2v) is 5.61. The van der Waals surface area contributed by atoms with Gasteiger partial charge in [0.2, 0.25) is 0 Å². The van der Waals surface area contributed by atoms with Gasteiger partial charge in [0.1, 0.15) is 0 Å². The van der Waals surface area contributed by atoms with Crippen molar-refractivity contribution in [3.8, 4) is 0 Å². The largest absolute Gasteiger partial charge is 0.377 e. The molecule has 0 aliphatic rings. The highest BCUT2D eigenvalue weighted by Crippen LogP contribution is 2.31. The fraction of sp³-hybridized carbons (Fsp3) is 0.200. The molecule has 21 heavy (non-hydrogen) atoms. The molecule has 0 aliphatic carbocycles. The Morgan fingerprint density at radius 2 is 1.90 bits per heavy atom. The van der Waals surface area contributed by atoms with Gasteiger partial charge in [0, 0.05) is 23.2 Å². The van der Waals surface area contributed by atoms with Crippen LogP contribution in [0.5, 0.6) is 0 Å². The molecule has 0 saturated heterocycles. The number of hydrogen-bond donors (Lipinski definition) is 1. The maximum Gasteiger partial charge on any atom is 0.269 e.